The van der Waals surface area contributed by atoms with Gasteiger partial charge in [0.05, 0.1) is 14.2 Å². The minimum absolute atomic E-state index is 0.972. The van der Waals surface area contributed by atoms with Crippen molar-refractivity contribution in [3.63, 3.8) is 0 Å². The maximum absolute atomic E-state index is 11.0. The lowest BCUT2D eigenvalue weighted by Crippen LogP contribution is -1.90. The van der Waals surface area contributed by atoms with Crippen molar-refractivity contribution in [1.82, 2.24) is 0 Å². The van der Waals surface area contributed by atoms with E-state index in [1.54, 1.807) is 0 Å². The smallest absolute Gasteiger partial charge is 0.250 e. The van der Waals surface area contributed by atoms with Gasteiger partial charge in [-0.1, -0.05) is 6.58 Å². The Hall–Kier alpha value is -0.190. The molecule has 0 rings (SSSR count). The zero-order valence-corrected chi connectivity index (χ0v) is 6.67. The fourth-order valence-electron chi connectivity index (χ4n) is 0.281. The first-order chi connectivity index (χ1) is 4.68. The molecule has 0 saturated carbocycles. The van der Waals surface area contributed by atoms with Gasteiger partial charge in [-0.3, -0.25) is 4.57 Å². The molecule has 0 heterocycles. The van der Waals surface area contributed by atoms with Gasteiger partial charge in [-0.05, 0) is 0 Å². The summed E-state index contributed by atoms with van der Waals surface area (Å²) in [6.45, 7) is 3.20. The molecule has 0 N–H and O–H groups in total. The standard InChI is InChI=1S/C4H9O5P/c1-4-10(5,8-6-2)9-7-3/h4H,1H2,2-3H3. The van der Waals surface area contributed by atoms with Gasteiger partial charge >= 0.3 is 7.60 Å². The van der Waals surface area contributed by atoms with Crippen molar-refractivity contribution in [1.29, 1.82) is 0 Å². The minimum Gasteiger partial charge on any atom is -0.250 e. The van der Waals surface area contributed by atoms with E-state index in [2.05, 4.69) is 25.7 Å². The maximum atomic E-state index is 11.0. The summed E-state index contributed by atoms with van der Waals surface area (Å²) < 4.78 is 19.4. The third kappa shape index (κ3) is 3.10. The Bertz CT molecular complexity index is 135. The lowest BCUT2D eigenvalue weighted by Gasteiger charge is -2.07. The summed E-state index contributed by atoms with van der Waals surface area (Å²) in [6.07, 6.45) is 0. The summed E-state index contributed by atoms with van der Waals surface area (Å²) in [6, 6.07) is 0. The molecular formula is C4H9O5P. The third-order valence-electron chi connectivity index (χ3n) is 0.580. The molecule has 0 aromatic carbocycles. The highest BCUT2D eigenvalue weighted by atomic mass is 31.2. The number of rotatable bonds is 5. The fourth-order valence-corrected chi connectivity index (χ4v) is 0.843. The number of hydrogen-bond acceptors (Lipinski definition) is 5. The van der Waals surface area contributed by atoms with Crippen LogP contribution in [0.1, 0.15) is 0 Å². The molecule has 0 aliphatic carbocycles. The van der Waals surface area contributed by atoms with Crippen LogP contribution in [0.15, 0.2) is 12.4 Å². The van der Waals surface area contributed by atoms with Crippen LogP contribution in [0.3, 0.4) is 0 Å². The van der Waals surface area contributed by atoms with E-state index >= 15 is 0 Å². The maximum Gasteiger partial charge on any atom is 0.407 e. The average molecular weight is 168 g/mol. The summed E-state index contributed by atoms with van der Waals surface area (Å²) in [5.74, 6) is 0.972. The highest BCUT2D eigenvalue weighted by Crippen LogP contribution is 2.49. The molecule has 0 aliphatic rings. The first-order valence-electron chi connectivity index (χ1n) is 2.36. The van der Waals surface area contributed by atoms with Crippen molar-refractivity contribution in [2.24, 2.45) is 0 Å². The van der Waals surface area contributed by atoms with Crippen molar-refractivity contribution < 1.29 is 23.7 Å². The first kappa shape index (κ1) is 9.81. The molecule has 5 nitrogen and oxygen atoms in total. The Morgan fingerprint density at radius 3 is 1.90 bits per heavy atom. The molecular weight excluding hydrogens is 159 g/mol. The summed E-state index contributed by atoms with van der Waals surface area (Å²) >= 11 is 0. The van der Waals surface area contributed by atoms with Gasteiger partial charge in [0, 0.05) is 5.82 Å². The Labute approximate surface area is 58.9 Å². The molecule has 0 aromatic heterocycles. The molecule has 0 unspecified atom stereocenters. The molecule has 60 valence electrons. The van der Waals surface area contributed by atoms with Gasteiger partial charge in [0.25, 0.3) is 0 Å². The van der Waals surface area contributed by atoms with Crippen LogP contribution in [0.2, 0.25) is 0 Å². The van der Waals surface area contributed by atoms with Gasteiger partial charge in [-0.2, -0.15) is 0 Å². The molecule has 0 aromatic rings. The van der Waals surface area contributed by atoms with Gasteiger partial charge < -0.3 is 0 Å². The first-order valence-corrected chi connectivity index (χ1v) is 3.98. The highest BCUT2D eigenvalue weighted by Gasteiger charge is 2.21. The third-order valence-corrected chi connectivity index (χ3v) is 1.74. The van der Waals surface area contributed by atoms with Crippen molar-refractivity contribution in [2.45, 2.75) is 0 Å². The normalized spacial score (nSPS) is 11.4. The van der Waals surface area contributed by atoms with Crippen LogP contribution in [0.5, 0.6) is 0 Å². The van der Waals surface area contributed by atoms with Crippen LogP contribution in [0.25, 0.3) is 0 Å². The van der Waals surface area contributed by atoms with E-state index in [9.17, 15) is 4.57 Å². The molecule has 0 aliphatic heterocycles. The second-order valence-corrected chi connectivity index (χ2v) is 2.95. The van der Waals surface area contributed by atoms with Crippen molar-refractivity contribution in [2.75, 3.05) is 14.2 Å². The summed E-state index contributed by atoms with van der Waals surface area (Å²) in [4.78, 5) is 8.22. The van der Waals surface area contributed by atoms with E-state index in [-0.39, 0.29) is 0 Å². The van der Waals surface area contributed by atoms with E-state index in [1.807, 2.05) is 0 Å². The van der Waals surface area contributed by atoms with Crippen LogP contribution in [0.4, 0.5) is 0 Å². The summed E-state index contributed by atoms with van der Waals surface area (Å²) in [7, 11) is -0.974. The molecule has 0 saturated heterocycles. The van der Waals surface area contributed by atoms with E-state index in [0.29, 0.717) is 0 Å². The van der Waals surface area contributed by atoms with E-state index in [4.69, 9.17) is 0 Å². The van der Waals surface area contributed by atoms with Gasteiger partial charge in [0.2, 0.25) is 0 Å². The zero-order valence-electron chi connectivity index (χ0n) is 5.77. The second-order valence-electron chi connectivity index (χ2n) is 1.20. The van der Waals surface area contributed by atoms with Gasteiger partial charge in [-0.25, -0.2) is 9.78 Å². The SMILES string of the molecule is C=CP(=O)(OOC)OOC. The van der Waals surface area contributed by atoms with Crippen molar-refractivity contribution in [3.05, 3.63) is 12.4 Å². The second kappa shape index (κ2) is 4.60. The summed E-state index contributed by atoms with van der Waals surface area (Å²) in [5, 5.41) is 0. The Kier molecular flexibility index (Phi) is 4.51. The molecule has 0 spiro atoms. The number of hydrogen-bond donors (Lipinski definition) is 0. The van der Waals surface area contributed by atoms with E-state index in [1.165, 1.54) is 14.2 Å². The Morgan fingerprint density at radius 2 is 1.70 bits per heavy atom. The van der Waals surface area contributed by atoms with Gasteiger partial charge in [0.1, 0.15) is 0 Å². The minimum atomic E-state index is -3.38. The predicted octanol–water partition coefficient (Wildman–Crippen LogP) is 1.48. The van der Waals surface area contributed by atoms with E-state index < -0.39 is 7.60 Å². The fraction of sp³-hybridized carbons (Fsp3) is 0.500. The van der Waals surface area contributed by atoms with Gasteiger partial charge in [0.15, 0.2) is 0 Å². The van der Waals surface area contributed by atoms with Crippen LogP contribution in [-0.4, -0.2) is 14.2 Å². The molecule has 10 heavy (non-hydrogen) atoms. The van der Waals surface area contributed by atoms with Crippen LogP contribution >= 0.6 is 7.60 Å². The molecule has 0 atom stereocenters. The predicted molar refractivity (Wildman–Crippen MR) is 34.0 cm³/mol. The van der Waals surface area contributed by atoms with Crippen molar-refractivity contribution in [3.8, 4) is 0 Å². The molecule has 0 fully saturated rings. The molecule has 0 bridgehead atoms. The molecule has 0 radical (unpaired) electrons. The lowest BCUT2D eigenvalue weighted by atomic mass is 11.3. The van der Waals surface area contributed by atoms with Crippen LogP contribution < -0.4 is 0 Å². The van der Waals surface area contributed by atoms with Gasteiger partial charge in [-0.15, -0.1) is 9.35 Å². The largest absolute Gasteiger partial charge is 0.407 e. The Balaban J connectivity index is 3.95. The highest BCUT2D eigenvalue weighted by molar-refractivity contribution is 7.56. The monoisotopic (exact) mass is 168 g/mol. The van der Waals surface area contributed by atoms with Crippen LogP contribution in [0, 0.1) is 0 Å². The van der Waals surface area contributed by atoms with Crippen LogP contribution in [-0.2, 0) is 23.7 Å². The molecule has 0 amide bonds. The summed E-state index contributed by atoms with van der Waals surface area (Å²) in [5.41, 5.74) is 0. The quantitative estimate of drug-likeness (QED) is 0.353. The average Bonchev–Trinajstić information content (AvgIpc) is 1.89. The van der Waals surface area contributed by atoms with E-state index in [0.717, 1.165) is 5.82 Å². The topological polar surface area (TPSA) is 54.0 Å². The Morgan fingerprint density at radius 1 is 1.30 bits per heavy atom. The lowest BCUT2D eigenvalue weighted by molar-refractivity contribution is -0.239. The zero-order chi connectivity index (χ0) is 8.04. The van der Waals surface area contributed by atoms with Crippen molar-refractivity contribution >= 4 is 7.60 Å². The molecule has 6 heteroatoms.